The summed E-state index contributed by atoms with van der Waals surface area (Å²) in [6, 6.07) is 2.16. The lowest BCUT2D eigenvalue weighted by molar-refractivity contribution is -0.192. The van der Waals surface area contributed by atoms with E-state index in [0.717, 1.165) is 43.5 Å². The summed E-state index contributed by atoms with van der Waals surface area (Å²) in [5, 5.41) is 15.1. The van der Waals surface area contributed by atoms with E-state index in [1.807, 2.05) is 11.1 Å². The molecule has 8 nitrogen and oxygen atoms in total. The number of fused-ring (bicyclic) bond motifs is 1. The summed E-state index contributed by atoms with van der Waals surface area (Å²) < 4.78 is 34.7. The van der Waals surface area contributed by atoms with E-state index in [1.54, 1.807) is 18.5 Å². The van der Waals surface area contributed by atoms with Crippen molar-refractivity contribution in [3.05, 3.63) is 46.0 Å². The van der Waals surface area contributed by atoms with Crippen LogP contribution in [0.4, 0.5) is 13.2 Å². The van der Waals surface area contributed by atoms with Crippen LogP contribution in [0.5, 0.6) is 0 Å². The molecule has 162 valence electrons. The Bertz CT molecular complexity index is 926. The van der Waals surface area contributed by atoms with Crippen molar-refractivity contribution in [3.8, 4) is 0 Å². The van der Waals surface area contributed by atoms with Crippen LogP contribution in [0, 0.1) is 0 Å². The van der Waals surface area contributed by atoms with Crippen molar-refractivity contribution in [3.63, 3.8) is 0 Å². The first-order chi connectivity index (χ1) is 14.2. The molecule has 2 aromatic heterocycles. The van der Waals surface area contributed by atoms with E-state index >= 15 is 0 Å². The van der Waals surface area contributed by atoms with E-state index in [4.69, 9.17) is 9.90 Å². The van der Waals surface area contributed by atoms with Crippen LogP contribution in [-0.4, -0.2) is 55.9 Å². The molecule has 4 heterocycles. The molecule has 2 aliphatic rings. The average molecular weight is 490 g/mol. The fourth-order valence-electron chi connectivity index (χ4n) is 3.43. The Morgan fingerprint density at radius 3 is 2.47 bits per heavy atom. The second-order valence-corrected chi connectivity index (χ2v) is 7.70. The fourth-order valence-corrected chi connectivity index (χ4v) is 3.85. The molecule has 0 spiro atoms. The van der Waals surface area contributed by atoms with Crippen LogP contribution in [0.3, 0.4) is 0 Å². The number of amides is 1. The minimum absolute atomic E-state index is 0.0742. The van der Waals surface area contributed by atoms with Crippen LogP contribution in [0.1, 0.15) is 40.5 Å². The summed E-state index contributed by atoms with van der Waals surface area (Å²) in [7, 11) is 0. The number of rotatable bonds is 2. The second-order valence-electron chi connectivity index (χ2n) is 6.85. The van der Waals surface area contributed by atoms with Gasteiger partial charge in [-0.3, -0.25) is 14.5 Å². The van der Waals surface area contributed by atoms with Gasteiger partial charge >= 0.3 is 12.1 Å². The van der Waals surface area contributed by atoms with Gasteiger partial charge in [0.1, 0.15) is 0 Å². The summed E-state index contributed by atoms with van der Waals surface area (Å²) >= 11 is 3.41. The molecule has 0 saturated carbocycles. The molecule has 2 aliphatic heterocycles. The van der Waals surface area contributed by atoms with Crippen molar-refractivity contribution in [2.24, 2.45) is 0 Å². The van der Waals surface area contributed by atoms with Crippen molar-refractivity contribution in [1.82, 2.24) is 25.0 Å². The Morgan fingerprint density at radius 1 is 1.20 bits per heavy atom. The van der Waals surface area contributed by atoms with E-state index in [-0.39, 0.29) is 5.91 Å². The number of carboxylic acid groups (broad SMARTS) is 1. The zero-order valence-corrected chi connectivity index (χ0v) is 17.3. The van der Waals surface area contributed by atoms with Crippen LogP contribution >= 0.6 is 15.9 Å². The lowest BCUT2D eigenvalue weighted by Gasteiger charge is -2.33. The highest BCUT2D eigenvalue weighted by Crippen LogP contribution is 2.28. The highest BCUT2D eigenvalue weighted by atomic mass is 79.9. The monoisotopic (exact) mass is 489 g/mol. The number of piperidine rings is 1. The number of likely N-dealkylation sites (tertiary alicyclic amines) is 1. The van der Waals surface area contributed by atoms with E-state index in [0.29, 0.717) is 11.6 Å². The fraction of sp³-hybridized carbons (Fsp3) is 0.444. The predicted molar refractivity (Wildman–Crippen MR) is 103 cm³/mol. The van der Waals surface area contributed by atoms with Crippen molar-refractivity contribution in [2.75, 3.05) is 13.1 Å². The number of hydrogen-bond acceptors (Lipinski definition) is 5. The van der Waals surface area contributed by atoms with Crippen molar-refractivity contribution < 1.29 is 27.9 Å². The van der Waals surface area contributed by atoms with Gasteiger partial charge in [-0.1, -0.05) is 0 Å². The summed E-state index contributed by atoms with van der Waals surface area (Å²) in [6.07, 6.45) is 2.11. The van der Waals surface area contributed by atoms with Crippen LogP contribution in [0.25, 0.3) is 0 Å². The number of carbonyl (C=O) groups excluding carboxylic acids is 1. The number of nitrogens with one attached hydrogen (secondary N) is 1. The van der Waals surface area contributed by atoms with E-state index in [9.17, 15) is 18.0 Å². The number of nitrogens with zero attached hydrogens (tertiary/aromatic N) is 4. The Kier molecular flexibility index (Phi) is 6.76. The molecule has 1 fully saturated rings. The Morgan fingerprint density at radius 2 is 1.87 bits per heavy atom. The SMILES string of the molecule is O=C(O)C(F)(F)F.O=C(c1ccncc1Br)N1CCC(n2ncc3c2CNC3)CC1. The molecule has 1 saturated heterocycles. The quantitative estimate of drug-likeness (QED) is 0.672. The molecule has 12 heteroatoms. The molecular weight excluding hydrogens is 471 g/mol. The maximum atomic E-state index is 12.6. The van der Waals surface area contributed by atoms with Gasteiger partial charge in [-0.2, -0.15) is 18.3 Å². The standard InChI is InChI=1S/C16H18BrN5O.C2HF3O2/c17-14-9-18-4-1-13(14)16(23)21-5-2-12(3-6-21)22-15-10-19-7-11(15)8-20-22;3-2(4,5)1(6)7/h1,4,8-9,12,19H,2-3,5-7,10H2;(H,6,7). The number of carbonyl (C=O) groups is 2. The zero-order valence-electron chi connectivity index (χ0n) is 15.7. The molecule has 0 aromatic carbocycles. The summed E-state index contributed by atoms with van der Waals surface area (Å²) in [5.41, 5.74) is 3.30. The average Bonchev–Trinajstić information content (AvgIpc) is 3.32. The minimum Gasteiger partial charge on any atom is -0.475 e. The van der Waals surface area contributed by atoms with Gasteiger partial charge in [-0.05, 0) is 34.8 Å². The smallest absolute Gasteiger partial charge is 0.475 e. The summed E-state index contributed by atoms with van der Waals surface area (Å²) in [5.74, 6) is -2.68. The lowest BCUT2D eigenvalue weighted by Crippen LogP contribution is -2.39. The first kappa shape index (κ1) is 22.2. The van der Waals surface area contributed by atoms with E-state index in [1.165, 1.54) is 11.3 Å². The predicted octanol–water partition coefficient (Wildman–Crippen LogP) is 2.75. The maximum Gasteiger partial charge on any atom is 0.490 e. The Balaban J connectivity index is 0.000000318. The van der Waals surface area contributed by atoms with Gasteiger partial charge in [0.15, 0.2) is 0 Å². The van der Waals surface area contributed by atoms with Crippen molar-refractivity contribution >= 4 is 27.8 Å². The number of aromatic nitrogens is 3. The van der Waals surface area contributed by atoms with Crippen LogP contribution in [0.2, 0.25) is 0 Å². The number of aliphatic carboxylic acids is 1. The van der Waals surface area contributed by atoms with Gasteiger partial charge in [-0.15, -0.1) is 0 Å². The van der Waals surface area contributed by atoms with E-state index in [2.05, 4.69) is 36.0 Å². The molecule has 0 atom stereocenters. The largest absolute Gasteiger partial charge is 0.490 e. The molecule has 1 amide bonds. The zero-order chi connectivity index (χ0) is 21.9. The summed E-state index contributed by atoms with van der Waals surface area (Å²) in [6.45, 7) is 3.35. The number of halogens is 4. The van der Waals surface area contributed by atoms with Crippen LogP contribution < -0.4 is 5.32 Å². The number of alkyl halides is 3. The van der Waals surface area contributed by atoms with Gasteiger partial charge in [0, 0.05) is 48.6 Å². The van der Waals surface area contributed by atoms with Crippen molar-refractivity contribution in [1.29, 1.82) is 0 Å². The molecule has 0 radical (unpaired) electrons. The third kappa shape index (κ3) is 4.98. The van der Waals surface area contributed by atoms with Gasteiger partial charge < -0.3 is 15.3 Å². The molecular formula is C18H19BrF3N5O3. The maximum absolute atomic E-state index is 12.6. The van der Waals surface area contributed by atoms with Crippen LogP contribution in [-0.2, 0) is 17.9 Å². The summed E-state index contributed by atoms with van der Waals surface area (Å²) in [4.78, 5) is 27.5. The number of pyridine rings is 1. The molecule has 0 unspecified atom stereocenters. The highest BCUT2D eigenvalue weighted by molar-refractivity contribution is 9.10. The number of hydrogen-bond donors (Lipinski definition) is 2. The second kappa shape index (κ2) is 9.13. The van der Waals surface area contributed by atoms with Gasteiger partial charge in [-0.25, -0.2) is 4.79 Å². The minimum atomic E-state index is -5.08. The number of carboxylic acids is 1. The Labute approximate surface area is 178 Å². The third-order valence-corrected chi connectivity index (χ3v) is 5.57. The molecule has 2 N–H and O–H groups in total. The van der Waals surface area contributed by atoms with Gasteiger partial charge in [0.2, 0.25) is 0 Å². The van der Waals surface area contributed by atoms with Crippen molar-refractivity contribution in [2.45, 2.75) is 38.1 Å². The van der Waals surface area contributed by atoms with Gasteiger partial charge in [0.05, 0.1) is 23.5 Å². The molecule has 0 bridgehead atoms. The van der Waals surface area contributed by atoms with Gasteiger partial charge in [0.25, 0.3) is 5.91 Å². The molecule has 0 aliphatic carbocycles. The Hall–Kier alpha value is -2.47. The first-order valence-corrected chi connectivity index (χ1v) is 9.92. The molecule has 4 rings (SSSR count). The highest BCUT2D eigenvalue weighted by Gasteiger charge is 2.38. The van der Waals surface area contributed by atoms with Crippen LogP contribution in [0.15, 0.2) is 29.1 Å². The topological polar surface area (TPSA) is 100 Å². The van der Waals surface area contributed by atoms with E-state index < -0.39 is 12.1 Å². The molecule has 30 heavy (non-hydrogen) atoms. The molecule has 2 aromatic rings. The lowest BCUT2D eigenvalue weighted by atomic mass is 10.0. The normalized spacial score (nSPS) is 16.6. The first-order valence-electron chi connectivity index (χ1n) is 9.13. The third-order valence-electron chi connectivity index (χ3n) is 4.94.